The van der Waals surface area contributed by atoms with Crippen molar-refractivity contribution in [2.45, 2.75) is 36.9 Å². The van der Waals surface area contributed by atoms with Crippen LogP contribution in [-0.2, 0) is 21.0 Å². The summed E-state index contributed by atoms with van der Waals surface area (Å²) in [6.45, 7) is 1.68. The molecule has 1 fully saturated rings. The highest BCUT2D eigenvalue weighted by Gasteiger charge is 2.40. The number of halogens is 4. The van der Waals surface area contributed by atoms with Gasteiger partial charge in [0.15, 0.2) is 0 Å². The lowest BCUT2D eigenvalue weighted by Crippen LogP contribution is -2.43. The molecule has 6 nitrogen and oxygen atoms in total. The topological polar surface area (TPSA) is 75.7 Å². The van der Waals surface area contributed by atoms with E-state index in [-0.39, 0.29) is 23.5 Å². The number of hydrogen-bond donors (Lipinski definition) is 1. The van der Waals surface area contributed by atoms with Gasteiger partial charge in [-0.25, -0.2) is 12.8 Å². The molecule has 2 aromatic carbocycles. The number of benzene rings is 2. The van der Waals surface area contributed by atoms with Crippen molar-refractivity contribution < 1.29 is 35.5 Å². The minimum Gasteiger partial charge on any atom is -0.497 e. The van der Waals surface area contributed by atoms with Crippen LogP contribution >= 0.6 is 0 Å². The predicted octanol–water partition coefficient (Wildman–Crippen LogP) is 3.95. The summed E-state index contributed by atoms with van der Waals surface area (Å²) in [5.74, 6) is -1.93. The number of anilines is 1. The molecule has 1 amide bonds. The van der Waals surface area contributed by atoms with E-state index in [2.05, 4.69) is 5.32 Å². The summed E-state index contributed by atoms with van der Waals surface area (Å²) in [5, 5.41) is 2.28. The summed E-state index contributed by atoms with van der Waals surface area (Å²) >= 11 is 0. The van der Waals surface area contributed by atoms with Gasteiger partial charge in [-0.1, -0.05) is 6.07 Å². The van der Waals surface area contributed by atoms with Crippen molar-refractivity contribution in [1.29, 1.82) is 0 Å². The number of carbonyl (C=O) groups excluding carboxylic acids is 1. The number of carbonyl (C=O) groups is 1. The second-order valence-corrected chi connectivity index (χ2v) is 8.95. The number of ether oxygens (including phenoxy) is 1. The second kappa shape index (κ2) is 8.46. The predicted molar refractivity (Wildman–Crippen MR) is 105 cm³/mol. The fourth-order valence-corrected chi connectivity index (χ4v) is 5.35. The Morgan fingerprint density at radius 3 is 2.55 bits per heavy atom. The van der Waals surface area contributed by atoms with Crippen LogP contribution in [0.2, 0.25) is 0 Å². The van der Waals surface area contributed by atoms with E-state index in [0.717, 1.165) is 10.4 Å². The Labute approximate surface area is 176 Å². The van der Waals surface area contributed by atoms with Crippen molar-refractivity contribution in [2.24, 2.45) is 0 Å². The molecule has 1 saturated heterocycles. The fraction of sp³-hybridized carbons (Fsp3) is 0.350. The molecule has 168 valence electrons. The summed E-state index contributed by atoms with van der Waals surface area (Å²) < 4.78 is 84.8. The molecule has 3 rings (SSSR count). The monoisotopic (exact) mass is 460 g/mol. The Hall–Kier alpha value is -2.66. The Morgan fingerprint density at radius 2 is 1.90 bits per heavy atom. The number of methoxy groups -OCH3 is 1. The van der Waals surface area contributed by atoms with Crippen molar-refractivity contribution in [3.8, 4) is 5.75 Å². The van der Waals surface area contributed by atoms with E-state index >= 15 is 0 Å². The van der Waals surface area contributed by atoms with E-state index in [4.69, 9.17) is 4.74 Å². The second-order valence-electron chi connectivity index (χ2n) is 7.09. The van der Waals surface area contributed by atoms with Crippen molar-refractivity contribution in [2.75, 3.05) is 19.0 Å². The van der Waals surface area contributed by atoms with Gasteiger partial charge in [-0.3, -0.25) is 4.79 Å². The highest BCUT2D eigenvalue weighted by molar-refractivity contribution is 7.89. The first-order valence-corrected chi connectivity index (χ1v) is 10.7. The molecule has 31 heavy (non-hydrogen) atoms. The van der Waals surface area contributed by atoms with Crippen molar-refractivity contribution in [3.05, 3.63) is 53.3 Å². The van der Waals surface area contributed by atoms with Crippen LogP contribution < -0.4 is 10.1 Å². The third kappa shape index (κ3) is 4.67. The molecule has 1 heterocycles. The molecule has 0 spiro atoms. The lowest BCUT2D eigenvalue weighted by molar-refractivity contribution is -0.140. The molecule has 0 radical (unpaired) electrons. The van der Waals surface area contributed by atoms with Gasteiger partial charge < -0.3 is 10.1 Å². The highest BCUT2D eigenvalue weighted by atomic mass is 32.2. The third-order valence-corrected chi connectivity index (χ3v) is 7.08. The Morgan fingerprint density at radius 1 is 1.19 bits per heavy atom. The van der Waals surface area contributed by atoms with E-state index in [0.29, 0.717) is 29.9 Å². The van der Waals surface area contributed by atoms with Crippen LogP contribution in [0.15, 0.2) is 41.3 Å². The van der Waals surface area contributed by atoms with E-state index in [1.807, 2.05) is 0 Å². The first kappa shape index (κ1) is 23.0. The van der Waals surface area contributed by atoms with Crippen LogP contribution in [0.25, 0.3) is 0 Å². The first-order valence-electron chi connectivity index (χ1n) is 9.29. The quantitative estimate of drug-likeness (QED) is 0.686. The van der Waals surface area contributed by atoms with Gasteiger partial charge in [0, 0.05) is 18.3 Å². The molecule has 1 aliphatic rings. The van der Waals surface area contributed by atoms with Crippen LogP contribution in [0.1, 0.15) is 24.0 Å². The molecule has 0 unspecified atom stereocenters. The zero-order valence-electron chi connectivity index (χ0n) is 16.7. The lowest BCUT2D eigenvalue weighted by atomic mass is 10.1. The van der Waals surface area contributed by atoms with Gasteiger partial charge in [-0.05, 0) is 49.6 Å². The average molecular weight is 460 g/mol. The number of sulfonamides is 1. The normalized spacial score (nSPS) is 17.5. The average Bonchev–Trinajstić information content (AvgIpc) is 3.20. The standard InChI is InChI=1S/C20H20F4N2O4S/c1-12-5-7-14(30-2)11-18(12)31(28,29)26-9-3-4-17(26)19(27)25-13-6-8-16(21)15(10-13)20(22,23)24/h5-8,10-11,17H,3-4,9H2,1-2H3,(H,25,27)/t17-/m0/s1. The maximum Gasteiger partial charge on any atom is 0.419 e. The van der Waals surface area contributed by atoms with Gasteiger partial charge in [0.05, 0.1) is 17.6 Å². The summed E-state index contributed by atoms with van der Waals surface area (Å²) in [6, 6.07) is 5.49. The van der Waals surface area contributed by atoms with Gasteiger partial charge in [0.1, 0.15) is 17.6 Å². The van der Waals surface area contributed by atoms with E-state index < -0.39 is 39.5 Å². The number of nitrogens with one attached hydrogen (secondary N) is 1. The molecule has 2 aromatic rings. The third-order valence-electron chi connectivity index (χ3n) is 5.03. The van der Waals surface area contributed by atoms with Gasteiger partial charge in [0.25, 0.3) is 0 Å². The molecule has 1 N–H and O–H groups in total. The minimum absolute atomic E-state index is 0.0207. The summed E-state index contributed by atoms with van der Waals surface area (Å²) in [7, 11) is -2.68. The van der Waals surface area contributed by atoms with Crippen LogP contribution in [0, 0.1) is 12.7 Å². The van der Waals surface area contributed by atoms with Gasteiger partial charge in [-0.2, -0.15) is 17.5 Å². The molecule has 0 saturated carbocycles. The number of nitrogens with zero attached hydrogens (tertiary/aromatic N) is 1. The Balaban J connectivity index is 1.88. The Bertz CT molecular complexity index is 1100. The van der Waals surface area contributed by atoms with Crippen LogP contribution in [-0.4, -0.2) is 38.3 Å². The van der Waals surface area contributed by atoms with Gasteiger partial charge in [-0.15, -0.1) is 0 Å². The van der Waals surface area contributed by atoms with E-state index in [1.165, 1.54) is 13.2 Å². The number of amides is 1. The molecule has 0 aliphatic carbocycles. The smallest absolute Gasteiger partial charge is 0.419 e. The fourth-order valence-electron chi connectivity index (χ4n) is 3.45. The lowest BCUT2D eigenvalue weighted by Gasteiger charge is -2.24. The summed E-state index contributed by atoms with van der Waals surface area (Å²) in [6.07, 6.45) is -4.34. The number of alkyl halides is 3. The van der Waals surface area contributed by atoms with Gasteiger partial charge >= 0.3 is 6.18 Å². The van der Waals surface area contributed by atoms with Crippen LogP contribution in [0.4, 0.5) is 23.2 Å². The van der Waals surface area contributed by atoms with Crippen LogP contribution in [0.5, 0.6) is 5.75 Å². The highest BCUT2D eigenvalue weighted by Crippen LogP contribution is 2.34. The molecule has 1 aliphatic heterocycles. The van der Waals surface area contributed by atoms with Crippen molar-refractivity contribution in [3.63, 3.8) is 0 Å². The molecular weight excluding hydrogens is 440 g/mol. The number of hydrogen-bond acceptors (Lipinski definition) is 4. The largest absolute Gasteiger partial charge is 0.497 e. The SMILES string of the molecule is COc1ccc(C)c(S(=O)(=O)N2CCC[C@H]2C(=O)Nc2ccc(F)c(C(F)(F)F)c2)c1. The molecular formula is C20H20F4N2O4S. The zero-order valence-corrected chi connectivity index (χ0v) is 17.5. The van der Waals surface area contributed by atoms with Crippen molar-refractivity contribution >= 4 is 21.6 Å². The summed E-state index contributed by atoms with van der Waals surface area (Å²) in [5.41, 5.74) is -1.34. The molecule has 0 aromatic heterocycles. The minimum atomic E-state index is -4.93. The van der Waals surface area contributed by atoms with E-state index in [1.54, 1.807) is 19.1 Å². The van der Waals surface area contributed by atoms with E-state index in [9.17, 15) is 30.8 Å². The zero-order chi connectivity index (χ0) is 23.0. The van der Waals surface area contributed by atoms with Crippen LogP contribution in [0.3, 0.4) is 0 Å². The first-order chi connectivity index (χ1) is 14.4. The molecule has 1 atom stereocenters. The number of aryl methyl sites for hydroxylation is 1. The van der Waals surface area contributed by atoms with Crippen molar-refractivity contribution in [1.82, 2.24) is 4.31 Å². The number of rotatable bonds is 5. The molecule has 0 bridgehead atoms. The molecule has 11 heteroatoms. The maximum atomic E-state index is 13.5. The van der Waals surface area contributed by atoms with Gasteiger partial charge in [0.2, 0.25) is 15.9 Å². The summed E-state index contributed by atoms with van der Waals surface area (Å²) in [4.78, 5) is 12.7. The maximum absolute atomic E-state index is 13.5. The Kier molecular flexibility index (Phi) is 6.28.